The van der Waals surface area contributed by atoms with Crippen molar-refractivity contribution in [3.05, 3.63) is 77.9 Å². The Morgan fingerprint density at radius 1 is 0.848 bits per heavy atom. The molecular weight excluding hydrogens is 420 g/mol. The summed E-state index contributed by atoms with van der Waals surface area (Å²) < 4.78 is 21.2. The lowest BCUT2D eigenvalue weighted by atomic mass is 10.2. The summed E-state index contributed by atoms with van der Waals surface area (Å²) in [6.07, 6.45) is 7.24. The first kappa shape index (κ1) is 25.7. The molecule has 0 radical (unpaired) electrons. The van der Waals surface area contributed by atoms with E-state index in [9.17, 15) is 9.59 Å². The monoisotopic (exact) mass is 452 g/mol. The van der Waals surface area contributed by atoms with Gasteiger partial charge in [0, 0.05) is 5.57 Å². The first-order chi connectivity index (χ1) is 16.0. The minimum atomic E-state index is -0.356. The normalized spacial score (nSPS) is 10.6. The molecule has 176 valence electrons. The van der Waals surface area contributed by atoms with E-state index in [0.717, 1.165) is 37.0 Å². The maximum atomic E-state index is 12.1. The average Bonchev–Trinajstić information content (AvgIpc) is 2.83. The van der Waals surface area contributed by atoms with Crippen LogP contribution < -0.4 is 9.47 Å². The molecule has 2 aromatic rings. The maximum absolute atomic E-state index is 12.1. The van der Waals surface area contributed by atoms with Gasteiger partial charge in [-0.3, -0.25) is 0 Å². The van der Waals surface area contributed by atoms with E-state index in [4.69, 9.17) is 18.9 Å². The van der Waals surface area contributed by atoms with Gasteiger partial charge in [-0.05, 0) is 80.6 Å². The molecule has 6 nitrogen and oxygen atoms in total. The Morgan fingerprint density at radius 2 is 1.45 bits per heavy atom. The van der Waals surface area contributed by atoms with E-state index < -0.39 is 0 Å². The van der Waals surface area contributed by atoms with Gasteiger partial charge >= 0.3 is 11.9 Å². The molecule has 0 fully saturated rings. The van der Waals surface area contributed by atoms with Gasteiger partial charge in [-0.25, -0.2) is 9.59 Å². The van der Waals surface area contributed by atoms with Gasteiger partial charge in [0.15, 0.2) is 0 Å². The number of methoxy groups -OCH3 is 1. The van der Waals surface area contributed by atoms with E-state index in [1.54, 1.807) is 38.3 Å². The molecule has 0 aliphatic carbocycles. The predicted molar refractivity (Wildman–Crippen MR) is 128 cm³/mol. The number of carbonyl (C=O) groups excluding carboxylic acids is 2. The Hall–Kier alpha value is -3.54. The van der Waals surface area contributed by atoms with E-state index in [0.29, 0.717) is 36.7 Å². The lowest BCUT2D eigenvalue weighted by Gasteiger charge is -2.07. The van der Waals surface area contributed by atoms with Gasteiger partial charge < -0.3 is 18.9 Å². The van der Waals surface area contributed by atoms with Crippen LogP contribution in [-0.4, -0.2) is 38.9 Å². The second-order valence-corrected chi connectivity index (χ2v) is 7.48. The summed E-state index contributed by atoms with van der Waals surface area (Å²) >= 11 is 0. The lowest BCUT2D eigenvalue weighted by molar-refractivity contribution is -0.139. The zero-order chi connectivity index (χ0) is 23.9. The number of esters is 2. The molecule has 0 atom stereocenters. The Morgan fingerprint density at radius 3 is 2.06 bits per heavy atom. The number of rotatable bonds is 14. The maximum Gasteiger partial charge on any atom is 0.338 e. The first-order valence-corrected chi connectivity index (χ1v) is 11.0. The summed E-state index contributed by atoms with van der Waals surface area (Å²) in [6, 6.07) is 14.6. The highest BCUT2D eigenvalue weighted by atomic mass is 16.5. The van der Waals surface area contributed by atoms with Crippen molar-refractivity contribution in [3.8, 4) is 11.5 Å². The molecule has 0 amide bonds. The van der Waals surface area contributed by atoms with E-state index >= 15 is 0 Å². The minimum Gasteiger partial charge on any atom is -0.497 e. The molecule has 0 bridgehead atoms. The van der Waals surface area contributed by atoms with Crippen LogP contribution >= 0.6 is 0 Å². The average molecular weight is 453 g/mol. The number of unbranched alkanes of at least 4 members (excludes halogenated alkanes) is 3. The van der Waals surface area contributed by atoms with Crippen molar-refractivity contribution >= 4 is 18.0 Å². The minimum absolute atomic E-state index is 0.351. The molecule has 0 saturated carbocycles. The van der Waals surface area contributed by atoms with Crippen molar-refractivity contribution in [3.63, 3.8) is 0 Å². The van der Waals surface area contributed by atoms with Crippen molar-refractivity contribution in [2.75, 3.05) is 26.9 Å². The zero-order valence-electron chi connectivity index (χ0n) is 19.4. The second-order valence-electron chi connectivity index (χ2n) is 7.48. The van der Waals surface area contributed by atoms with Crippen molar-refractivity contribution in [1.29, 1.82) is 0 Å². The number of hydrogen-bond donors (Lipinski definition) is 0. The van der Waals surface area contributed by atoms with Gasteiger partial charge in [0.05, 0.1) is 25.9 Å². The molecule has 2 rings (SSSR count). The molecule has 0 aliphatic rings. The molecule has 0 aliphatic heterocycles. The number of hydrogen-bond acceptors (Lipinski definition) is 6. The molecule has 0 unspecified atom stereocenters. The quantitative estimate of drug-likeness (QED) is 0.210. The van der Waals surface area contributed by atoms with Crippen LogP contribution in [0.15, 0.2) is 66.8 Å². The molecular formula is C27H32O6. The van der Waals surface area contributed by atoms with Crippen molar-refractivity contribution in [2.45, 2.75) is 32.6 Å². The smallest absolute Gasteiger partial charge is 0.338 e. The Kier molecular flexibility index (Phi) is 11.3. The van der Waals surface area contributed by atoms with Crippen LogP contribution in [0.2, 0.25) is 0 Å². The molecule has 6 heteroatoms. The molecule has 0 heterocycles. The molecule has 0 N–H and O–H groups in total. The van der Waals surface area contributed by atoms with Crippen LogP contribution in [0, 0.1) is 0 Å². The summed E-state index contributed by atoms with van der Waals surface area (Å²) in [5, 5.41) is 0. The third kappa shape index (κ3) is 10.1. The lowest BCUT2D eigenvalue weighted by Crippen LogP contribution is -2.07. The molecule has 0 spiro atoms. The van der Waals surface area contributed by atoms with E-state index in [1.165, 1.54) is 0 Å². The fraction of sp³-hybridized carbons (Fsp3) is 0.333. The van der Waals surface area contributed by atoms with Crippen molar-refractivity contribution in [2.24, 2.45) is 0 Å². The van der Waals surface area contributed by atoms with Crippen LogP contribution in [-0.2, 0) is 14.3 Å². The molecule has 2 aromatic carbocycles. The third-order valence-corrected chi connectivity index (χ3v) is 4.72. The van der Waals surface area contributed by atoms with Gasteiger partial charge in [-0.15, -0.1) is 0 Å². The van der Waals surface area contributed by atoms with Gasteiger partial charge in [0.25, 0.3) is 0 Å². The summed E-state index contributed by atoms with van der Waals surface area (Å²) in [7, 11) is 1.64. The largest absolute Gasteiger partial charge is 0.497 e. The van der Waals surface area contributed by atoms with Crippen LogP contribution in [0.5, 0.6) is 11.5 Å². The van der Waals surface area contributed by atoms with Crippen molar-refractivity contribution < 1.29 is 28.5 Å². The molecule has 0 aromatic heterocycles. The summed E-state index contributed by atoms with van der Waals surface area (Å²) in [4.78, 5) is 23.4. The van der Waals surface area contributed by atoms with Gasteiger partial charge in [0.2, 0.25) is 0 Å². The number of carbonyl (C=O) groups is 2. The highest BCUT2D eigenvalue weighted by Crippen LogP contribution is 2.15. The fourth-order valence-corrected chi connectivity index (χ4v) is 2.82. The van der Waals surface area contributed by atoms with E-state index in [1.807, 2.05) is 36.4 Å². The zero-order valence-corrected chi connectivity index (χ0v) is 19.4. The van der Waals surface area contributed by atoms with Crippen LogP contribution in [0.25, 0.3) is 6.08 Å². The highest BCUT2D eigenvalue weighted by Gasteiger charge is 2.07. The fourth-order valence-electron chi connectivity index (χ4n) is 2.82. The summed E-state index contributed by atoms with van der Waals surface area (Å²) in [5.74, 6) is 0.792. The number of ether oxygens (including phenoxy) is 4. The van der Waals surface area contributed by atoms with Crippen LogP contribution in [0.3, 0.4) is 0 Å². The molecule has 0 saturated heterocycles. The van der Waals surface area contributed by atoms with E-state index in [2.05, 4.69) is 6.58 Å². The highest BCUT2D eigenvalue weighted by molar-refractivity contribution is 5.89. The SMILES string of the molecule is C=C(C)C(=O)OCCCCCCOC(=O)c1ccc(OC/C=C/c2ccc(OC)cc2)cc1. The van der Waals surface area contributed by atoms with Crippen LogP contribution in [0.1, 0.15) is 48.5 Å². The second kappa shape index (κ2) is 14.5. The summed E-state index contributed by atoms with van der Waals surface area (Å²) in [6.45, 7) is 6.33. The topological polar surface area (TPSA) is 71.1 Å². The Bertz CT molecular complexity index is 913. The third-order valence-electron chi connectivity index (χ3n) is 4.72. The Balaban J connectivity index is 1.59. The van der Waals surface area contributed by atoms with E-state index in [-0.39, 0.29) is 11.9 Å². The van der Waals surface area contributed by atoms with Crippen molar-refractivity contribution in [1.82, 2.24) is 0 Å². The summed E-state index contributed by atoms with van der Waals surface area (Å²) in [5.41, 5.74) is 1.95. The predicted octanol–water partition coefficient (Wildman–Crippen LogP) is 5.62. The first-order valence-electron chi connectivity index (χ1n) is 11.0. The van der Waals surface area contributed by atoms with Crippen LogP contribution in [0.4, 0.5) is 0 Å². The standard InChI is InChI=1S/C27H32O6/c1-21(2)26(28)32-18-6-4-5-7-19-33-27(29)23-12-16-25(17-13-23)31-20-8-9-22-10-14-24(30-3)15-11-22/h8-17H,1,4-7,18-20H2,2-3H3/b9-8+. The van der Waals surface area contributed by atoms with Gasteiger partial charge in [-0.2, -0.15) is 0 Å². The number of benzene rings is 2. The Labute approximate surface area is 195 Å². The van der Waals surface area contributed by atoms with Gasteiger partial charge in [0.1, 0.15) is 18.1 Å². The molecule has 33 heavy (non-hydrogen) atoms. The van der Waals surface area contributed by atoms with Gasteiger partial charge in [-0.1, -0.05) is 24.8 Å².